The number of hydrogen-bond acceptors (Lipinski definition) is 4. The molecule has 0 aromatic heterocycles. The molecule has 1 aromatic carbocycles. The zero-order valence-electron chi connectivity index (χ0n) is 18.6. The zero-order chi connectivity index (χ0) is 21.2. The van der Waals surface area contributed by atoms with Crippen LogP contribution in [0.25, 0.3) is 0 Å². The Morgan fingerprint density at radius 3 is 2.45 bits per heavy atom. The van der Waals surface area contributed by atoms with E-state index in [0.717, 1.165) is 32.5 Å². The molecule has 0 radical (unpaired) electrons. The second kappa shape index (κ2) is 13.6. The molecule has 1 unspecified atom stereocenters. The third-order valence-electron chi connectivity index (χ3n) is 6.01. The van der Waals surface area contributed by atoms with Gasteiger partial charge in [0.1, 0.15) is 0 Å². The van der Waals surface area contributed by atoms with Crippen molar-refractivity contribution in [3.63, 3.8) is 0 Å². The van der Waals surface area contributed by atoms with Crippen molar-refractivity contribution < 1.29 is 8.42 Å². The summed E-state index contributed by atoms with van der Waals surface area (Å²) in [7, 11) is -3.25. The summed E-state index contributed by atoms with van der Waals surface area (Å²) in [6, 6.07) is 10.8. The van der Waals surface area contributed by atoms with Crippen molar-refractivity contribution in [3.8, 4) is 0 Å². The summed E-state index contributed by atoms with van der Waals surface area (Å²) in [4.78, 5) is 7.29. The fourth-order valence-corrected chi connectivity index (χ4v) is 5.00. The maximum atomic E-state index is 12.2. The van der Waals surface area contributed by atoms with Crippen LogP contribution in [0, 0.1) is 5.92 Å². The van der Waals surface area contributed by atoms with Gasteiger partial charge in [0.05, 0.1) is 18.3 Å². The van der Waals surface area contributed by atoms with Gasteiger partial charge in [-0.15, -0.1) is 24.0 Å². The highest BCUT2D eigenvalue weighted by Gasteiger charge is 2.23. The number of aliphatic imine (C=N–C) groups is 1. The largest absolute Gasteiger partial charge is 0.357 e. The molecule has 3 N–H and O–H groups in total. The van der Waals surface area contributed by atoms with Gasteiger partial charge >= 0.3 is 0 Å². The van der Waals surface area contributed by atoms with Crippen LogP contribution in [0.15, 0.2) is 35.3 Å². The predicted molar refractivity (Wildman–Crippen MR) is 139 cm³/mol. The highest BCUT2D eigenvalue weighted by molar-refractivity contribution is 14.0. The molecule has 1 atom stereocenters. The molecule has 176 valence electrons. The average molecular weight is 564 g/mol. The van der Waals surface area contributed by atoms with Crippen molar-refractivity contribution in [1.82, 2.24) is 20.3 Å². The summed E-state index contributed by atoms with van der Waals surface area (Å²) < 4.78 is 27.2. The Balaban J connectivity index is 0.00000341. The lowest BCUT2D eigenvalue weighted by Crippen LogP contribution is -2.42. The van der Waals surface area contributed by atoms with Gasteiger partial charge in [-0.3, -0.25) is 9.89 Å². The molecule has 31 heavy (non-hydrogen) atoms. The molecule has 9 heteroatoms. The molecule has 1 heterocycles. The first kappa shape index (κ1) is 26.3. The SMILES string of the molecule is CCNC(=NCC(c1ccccc1)N1CCCC1)NCCS(=O)(=O)NCC1CCC1.I. The van der Waals surface area contributed by atoms with E-state index in [1.807, 2.05) is 13.0 Å². The van der Waals surface area contributed by atoms with E-state index < -0.39 is 10.0 Å². The van der Waals surface area contributed by atoms with Crippen LogP contribution in [-0.2, 0) is 10.0 Å². The summed E-state index contributed by atoms with van der Waals surface area (Å²) in [5.41, 5.74) is 1.28. The molecule has 1 saturated heterocycles. The number of rotatable bonds is 11. The van der Waals surface area contributed by atoms with E-state index in [4.69, 9.17) is 4.99 Å². The van der Waals surface area contributed by atoms with Crippen molar-refractivity contribution in [3.05, 3.63) is 35.9 Å². The number of guanidine groups is 1. The number of nitrogens with zero attached hydrogens (tertiary/aromatic N) is 2. The second-order valence-corrected chi connectivity index (χ2v) is 10.2. The summed E-state index contributed by atoms with van der Waals surface area (Å²) in [6.07, 6.45) is 5.96. The molecule has 2 fully saturated rings. The van der Waals surface area contributed by atoms with Crippen LogP contribution in [0.4, 0.5) is 0 Å². The molecule has 1 aliphatic heterocycles. The number of nitrogens with one attached hydrogen (secondary N) is 3. The van der Waals surface area contributed by atoms with Crippen LogP contribution in [0.5, 0.6) is 0 Å². The van der Waals surface area contributed by atoms with Gasteiger partial charge in [0.2, 0.25) is 10.0 Å². The third kappa shape index (κ3) is 8.86. The minimum Gasteiger partial charge on any atom is -0.357 e. The fourth-order valence-electron chi connectivity index (χ4n) is 4.00. The highest BCUT2D eigenvalue weighted by atomic mass is 127. The predicted octanol–water partition coefficient (Wildman–Crippen LogP) is 2.72. The molecule has 3 rings (SSSR count). The standard InChI is InChI=1S/C22H37N5O2S.HI/c1-2-23-22(24-13-16-30(28,29)26-17-19-9-8-10-19)25-18-21(27-14-6-7-15-27)20-11-4-3-5-12-20;/h3-5,11-12,19,21,26H,2,6-10,13-18H2,1H3,(H2,23,24,25);1H. The van der Waals surface area contributed by atoms with Gasteiger partial charge in [0.15, 0.2) is 5.96 Å². The second-order valence-electron chi connectivity index (χ2n) is 8.28. The minimum absolute atomic E-state index is 0. The zero-order valence-corrected chi connectivity index (χ0v) is 21.7. The highest BCUT2D eigenvalue weighted by Crippen LogP contribution is 2.26. The molecule has 7 nitrogen and oxygen atoms in total. The van der Waals surface area contributed by atoms with Gasteiger partial charge < -0.3 is 10.6 Å². The molecule has 1 aromatic rings. The molecule has 2 aliphatic rings. The Morgan fingerprint density at radius 2 is 1.84 bits per heavy atom. The van der Waals surface area contributed by atoms with Crippen molar-refractivity contribution in [2.24, 2.45) is 10.9 Å². The van der Waals surface area contributed by atoms with Gasteiger partial charge in [-0.2, -0.15) is 0 Å². The molecule has 1 aliphatic carbocycles. The molecule has 1 saturated carbocycles. The van der Waals surface area contributed by atoms with E-state index >= 15 is 0 Å². The summed E-state index contributed by atoms with van der Waals surface area (Å²) in [5.74, 6) is 1.25. The lowest BCUT2D eigenvalue weighted by atomic mass is 9.86. The molecule has 0 bridgehead atoms. The van der Waals surface area contributed by atoms with Crippen LogP contribution in [0.1, 0.15) is 50.6 Å². The lowest BCUT2D eigenvalue weighted by Gasteiger charge is -2.27. The number of halogens is 1. The van der Waals surface area contributed by atoms with E-state index in [2.05, 4.69) is 44.5 Å². The number of benzene rings is 1. The Kier molecular flexibility index (Phi) is 11.6. The van der Waals surface area contributed by atoms with Gasteiger partial charge in [-0.25, -0.2) is 13.1 Å². The third-order valence-corrected chi connectivity index (χ3v) is 7.36. The number of sulfonamides is 1. The van der Waals surface area contributed by atoms with Crippen LogP contribution >= 0.6 is 24.0 Å². The maximum Gasteiger partial charge on any atom is 0.213 e. The van der Waals surface area contributed by atoms with Crippen molar-refractivity contribution in [2.75, 3.05) is 45.0 Å². The fraction of sp³-hybridized carbons (Fsp3) is 0.682. The first-order valence-electron chi connectivity index (χ1n) is 11.4. The van der Waals surface area contributed by atoms with Gasteiger partial charge in [0.25, 0.3) is 0 Å². The van der Waals surface area contributed by atoms with Gasteiger partial charge in [-0.05, 0) is 57.2 Å². The average Bonchev–Trinajstić information content (AvgIpc) is 3.22. The van der Waals surface area contributed by atoms with Crippen LogP contribution in [0.2, 0.25) is 0 Å². The molecular weight excluding hydrogens is 525 g/mol. The van der Waals surface area contributed by atoms with Gasteiger partial charge in [-0.1, -0.05) is 36.8 Å². The Bertz CT molecular complexity index is 765. The summed E-state index contributed by atoms with van der Waals surface area (Å²) in [5, 5.41) is 6.43. The van der Waals surface area contributed by atoms with Crippen LogP contribution in [-0.4, -0.2) is 64.3 Å². The Labute approximate surface area is 204 Å². The van der Waals surface area contributed by atoms with Crippen molar-refractivity contribution in [1.29, 1.82) is 0 Å². The topological polar surface area (TPSA) is 85.8 Å². The van der Waals surface area contributed by atoms with E-state index in [1.165, 1.54) is 24.8 Å². The Morgan fingerprint density at radius 1 is 1.13 bits per heavy atom. The minimum atomic E-state index is -3.25. The quantitative estimate of drug-likeness (QED) is 0.219. The van der Waals surface area contributed by atoms with Gasteiger partial charge in [0, 0.05) is 19.6 Å². The number of hydrogen-bond donors (Lipinski definition) is 3. The number of likely N-dealkylation sites (tertiary alicyclic amines) is 1. The molecule has 0 spiro atoms. The first-order chi connectivity index (χ1) is 14.6. The van der Waals surface area contributed by atoms with E-state index in [9.17, 15) is 8.42 Å². The summed E-state index contributed by atoms with van der Waals surface area (Å²) in [6.45, 7) is 6.51. The lowest BCUT2D eigenvalue weighted by molar-refractivity contribution is 0.251. The van der Waals surface area contributed by atoms with E-state index in [0.29, 0.717) is 31.5 Å². The van der Waals surface area contributed by atoms with Crippen molar-refractivity contribution >= 4 is 40.0 Å². The molecule has 0 amide bonds. The monoisotopic (exact) mass is 563 g/mol. The van der Waals surface area contributed by atoms with Crippen LogP contribution in [0.3, 0.4) is 0 Å². The Hall–Kier alpha value is -0.910. The first-order valence-corrected chi connectivity index (χ1v) is 13.0. The molecular formula is C22H38IN5O2S. The maximum absolute atomic E-state index is 12.2. The summed E-state index contributed by atoms with van der Waals surface area (Å²) >= 11 is 0. The van der Waals surface area contributed by atoms with E-state index in [-0.39, 0.29) is 35.8 Å². The normalized spacial score (nSPS) is 18.8. The van der Waals surface area contributed by atoms with Crippen LogP contribution < -0.4 is 15.4 Å². The van der Waals surface area contributed by atoms with E-state index in [1.54, 1.807) is 0 Å². The van der Waals surface area contributed by atoms with Crippen molar-refractivity contribution in [2.45, 2.75) is 45.1 Å². The smallest absolute Gasteiger partial charge is 0.213 e.